The number of halogens is 1. The van der Waals surface area contributed by atoms with E-state index in [1.165, 1.54) is 44.9 Å². The second kappa shape index (κ2) is 12.5. The van der Waals surface area contributed by atoms with Crippen LogP contribution in [0.1, 0.15) is 78.1 Å². The van der Waals surface area contributed by atoms with Gasteiger partial charge in [0.1, 0.15) is 5.75 Å². The predicted molar refractivity (Wildman–Crippen MR) is 130 cm³/mol. The Morgan fingerprint density at radius 2 is 1.23 bits per heavy atom. The maximum atomic E-state index is 15.0. The van der Waals surface area contributed by atoms with Crippen LogP contribution in [-0.2, 0) is 0 Å². The summed E-state index contributed by atoms with van der Waals surface area (Å²) in [7, 11) is 0. The molecular formula is C28H37FO2. The van der Waals surface area contributed by atoms with Crippen LogP contribution >= 0.6 is 0 Å². The maximum absolute atomic E-state index is 15.0. The highest BCUT2D eigenvalue weighted by Gasteiger charge is 2.11. The van der Waals surface area contributed by atoms with Gasteiger partial charge in [0.15, 0.2) is 11.6 Å². The zero-order valence-corrected chi connectivity index (χ0v) is 19.2. The average molecular weight is 425 g/mol. The molecule has 3 heteroatoms. The molecule has 2 nitrogen and oxygen atoms in total. The molecule has 0 unspecified atom stereocenters. The summed E-state index contributed by atoms with van der Waals surface area (Å²) in [4.78, 5) is 0. The third-order valence-electron chi connectivity index (χ3n) is 5.91. The van der Waals surface area contributed by atoms with Crippen molar-refractivity contribution < 1.29 is 13.9 Å². The van der Waals surface area contributed by atoms with E-state index < -0.39 is 0 Å². The van der Waals surface area contributed by atoms with E-state index in [-0.39, 0.29) is 5.82 Å². The van der Waals surface area contributed by atoms with Crippen LogP contribution in [0, 0.1) is 5.82 Å². The van der Waals surface area contributed by atoms with Crippen LogP contribution in [0.2, 0.25) is 0 Å². The van der Waals surface area contributed by atoms with Gasteiger partial charge in [-0.3, -0.25) is 0 Å². The van der Waals surface area contributed by atoms with E-state index in [9.17, 15) is 0 Å². The van der Waals surface area contributed by atoms with Gasteiger partial charge in [0, 0.05) is 5.39 Å². The summed E-state index contributed by atoms with van der Waals surface area (Å²) in [6, 6.07) is 13.7. The van der Waals surface area contributed by atoms with E-state index >= 15 is 4.39 Å². The Bertz CT molecular complexity index is 951. The molecule has 0 radical (unpaired) electrons. The second-order valence-electron chi connectivity index (χ2n) is 8.45. The van der Waals surface area contributed by atoms with Crippen LogP contribution in [0.5, 0.6) is 11.5 Å². The van der Waals surface area contributed by atoms with Crippen molar-refractivity contribution in [3.05, 3.63) is 48.3 Å². The molecule has 0 aliphatic heterocycles. The third kappa shape index (κ3) is 6.59. The van der Waals surface area contributed by atoms with Crippen molar-refractivity contribution in [2.45, 2.75) is 78.1 Å². The van der Waals surface area contributed by atoms with Gasteiger partial charge in [-0.25, -0.2) is 4.39 Å². The number of benzene rings is 3. The number of ether oxygens (including phenoxy) is 2. The monoisotopic (exact) mass is 424 g/mol. The van der Waals surface area contributed by atoms with Gasteiger partial charge in [0.2, 0.25) is 0 Å². The summed E-state index contributed by atoms with van der Waals surface area (Å²) in [5.74, 6) is 0.966. The van der Waals surface area contributed by atoms with E-state index in [0.29, 0.717) is 17.7 Å². The van der Waals surface area contributed by atoms with E-state index in [2.05, 4.69) is 19.9 Å². The average Bonchev–Trinajstić information content (AvgIpc) is 2.79. The summed E-state index contributed by atoms with van der Waals surface area (Å²) in [6.07, 6.45) is 12.0. The van der Waals surface area contributed by atoms with E-state index in [4.69, 9.17) is 9.47 Å². The lowest BCUT2D eigenvalue weighted by Crippen LogP contribution is -2.00. The normalized spacial score (nSPS) is 11.3. The van der Waals surface area contributed by atoms with Crippen molar-refractivity contribution in [2.75, 3.05) is 13.2 Å². The molecule has 0 amide bonds. The molecule has 0 atom stereocenters. The van der Waals surface area contributed by atoms with Crippen LogP contribution in [0.3, 0.4) is 0 Å². The Morgan fingerprint density at radius 1 is 0.613 bits per heavy atom. The number of hydrogen-bond donors (Lipinski definition) is 0. The lowest BCUT2D eigenvalue weighted by molar-refractivity contribution is 0.292. The molecule has 3 rings (SSSR count). The summed E-state index contributed by atoms with van der Waals surface area (Å²) in [6.45, 7) is 5.73. The minimum absolute atomic E-state index is 0.265. The molecule has 168 valence electrons. The van der Waals surface area contributed by atoms with E-state index in [1.54, 1.807) is 6.07 Å². The molecule has 31 heavy (non-hydrogen) atoms. The Morgan fingerprint density at radius 3 is 2.00 bits per heavy atom. The summed E-state index contributed by atoms with van der Waals surface area (Å²) in [5, 5.41) is 3.63. The van der Waals surface area contributed by atoms with Gasteiger partial charge in [-0.2, -0.15) is 0 Å². The van der Waals surface area contributed by atoms with Gasteiger partial charge in [-0.1, -0.05) is 83.4 Å². The molecule has 0 aliphatic rings. The molecule has 3 aromatic rings. The summed E-state index contributed by atoms with van der Waals surface area (Å²) >= 11 is 0. The topological polar surface area (TPSA) is 18.5 Å². The lowest BCUT2D eigenvalue weighted by Gasteiger charge is -2.12. The Kier molecular flexibility index (Phi) is 9.45. The number of rotatable bonds is 14. The first-order valence-corrected chi connectivity index (χ1v) is 12.1. The van der Waals surface area contributed by atoms with E-state index in [1.807, 2.05) is 30.3 Å². The second-order valence-corrected chi connectivity index (χ2v) is 8.45. The molecule has 0 spiro atoms. The molecule has 0 N–H and O–H groups in total. The lowest BCUT2D eigenvalue weighted by atomic mass is 10.0. The first-order valence-electron chi connectivity index (χ1n) is 12.1. The Balaban J connectivity index is 1.63. The largest absolute Gasteiger partial charge is 0.494 e. The number of unbranched alkanes of at least 4 members (excludes halogenated alkanes) is 8. The summed E-state index contributed by atoms with van der Waals surface area (Å²) in [5.41, 5.74) is 0. The van der Waals surface area contributed by atoms with Gasteiger partial charge < -0.3 is 9.47 Å². The fraction of sp³-hybridized carbons (Fsp3) is 0.500. The highest BCUT2D eigenvalue weighted by atomic mass is 19.1. The quantitative estimate of drug-likeness (QED) is 0.190. The minimum atomic E-state index is -0.265. The van der Waals surface area contributed by atoms with Crippen molar-refractivity contribution in [3.8, 4) is 11.5 Å². The highest BCUT2D eigenvalue weighted by molar-refractivity contribution is 6.08. The molecule has 0 aromatic heterocycles. The first kappa shape index (κ1) is 23.4. The van der Waals surface area contributed by atoms with Gasteiger partial charge in [-0.15, -0.1) is 0 Å². The van der Waals surface area contributed by atoms with Gasteiger partial charge >= 0.3 is 0 Å². The molecule has 3 aromatic carbocycles. The van der Waals surface area contributed by atoms with Crippen LogP contribution < -0.4 is 9.47 Å². The van der Waals surface area contributed by atoms with Crippen molar-refractivity contribution in [1.29, 1.82) is 0 Å². The molecule has 0 aliphatic carbocycles. The molecule has 0 bridgehead atoms. The number of fused-ring (bicyclic) bond motifs is 3. The fourth-order valence-electron chi connectivity index (χ4n) is 4.05. The SMILES string of the molecule is CCCCCCCCOc1ccc2c(ccc3c(F)c(OCCCCCC)ccc32)c1. The fourth-order valence-corrected chi connectivity index (χ4v) is 4.05. The van der Waals surface area contributed by atoms with Crippen molar-refractivity contribution in [3.63, 3.8) is 0 Å². The van der Waals surface area contributed by atoms with Gasteiger partial charge in [-0.05, 0) is 53.3 Å². The standard InChI is InChI=1S/C28H37FO2/c1-3-5-7-9-10-12-19-30-23-14-16-24-22(21-23)13-15-26-25(24)17-18-27(28(26)29)31-20-11-8-6-4-2/h13-18,21H,3-12,19-20H2,1-2H3. The van der Waals surface area contributed by atoms with Crippen molar-refractivity contribution in [1.82, 2.24) is 0 Å². The van der Waals surface area contributed by atoms with Crippen molar-refractivity contribution in [2.24, 2.45) is 0 Å². The molecule has 0 saturated carbocycles. The third-order valence-corrected chi connectivity index (χ3v) is 5.91. The predicted octanol–water partition coefficient (Wildman–Crippen LogP) is 8.83. The smallest absolute Gasteiger partial charge is 0.172 e. The minimum Gasteiger partial charge on any atom is -0.494 e. The van der Waals surface area contributed by atoms with Gasteiger partial charge in [0.25, 0.3) is 0 Å². The Hall–Kier alpha value is -2.29. The zero-order chi connectivity index (χ0) is 21.9. The first-order chi connectivity index (χ1) is 15.2. The van der Waals surface area contributed by atoms with Crippen LogP contribution in [0.4, 0.5) is 4.39 Å². The number of hydrogen-bond acceptors (Lipinski definition) is 2. The van der Waals surface area contributed by atoms with Crippen LogP contribution in [0.15, 0.2) is 42.5 Å². The van der Waals surface area contributed by atoms with Crippen LogP contribution in [0.25, 0.3) is 21.5 Å². The van der Waals surface area contributed by atoms with Gasteiger partial charge in [0.05, 0.1) is 13.2 Å². The van der Waals surface area contributed by atoms with Crippen LogP contribution in [-0.4, -0.2) is 13.2 Å². The maximum Gasteiger partial charge on any atom is 0.172 e. The summed E-state index contributed by atoms with van der Waals surface area (Å²) < 4.78 is 26.7. The van der Waals surface area contributed by atoms with Crippen molar-refractivity contribution >= 4 is 21.5 Å². The molecule has 0 saturated heterocycles. The highest BCUT2D eigenvalue weighted by Crippen LogP contribution is 2.33. The Labute approximate surface area is 186 Å². The molecular weight excluding hydrogens is 387 g/mol. The molecule has 0 fully saturated rings. The molecule has 0 heterocycles. The van der Waals surface area contributed by atoms with E-state index in [0.717, 1.165) is 47.8 Å². The zero-order valence-electron chi connectivity index (χ0n) is 19.2.